The van der Waals surface area contributed by atoms with Crippen molar-refractivity contribution in [3.63, 3.8) is 0 Å². The van der Waals surface area contributed by atoms with Gasteiger partial charge in [-0.2, -0.15) is 0 Å². The minimum absolute atomic E-state index is 0.0281. The van der Waals surface area contributed by atoms with Gasteiger partial charge in [-0.3, -0.25) is 16.2 Å². The highest BCUT2D eigenvalue weighted by molar-refractivity contribution is 6.67. The highest BCUT2D eigenvalue weighted by Gasteiger charge is 1.84. The summed E-state index contributed by atoms with van der Waals surface area (Å²) in [7, 11) is 0. The minimum atomic E-state index is -0.142. The predicted molar refractivity (Wildman–Crippen MR) is 42.4 cm³/mol. The third kappa shape index (κ3) is 4.99. The van der Waals surface area contributed by atoms with Crippen LogP contribution < -0.4 is 5.32 Å². The average molecular weight is 159 g/mol. The van der Waals surface area contributed by atoms with Gasteiger partial charge in [0.05, 0.1) is 6.34 Å². The molecule has 0 radical (unpaired) electrons. The first-order valence-corrected chi connectivity index (χ1v) is 2.80. The lowest BCUT2D eigenvalue weighted by atomic mass is 10.5. The van der Waals surface area contributed by atoms with Crippen molar-refractivity contribution in [3.05, 3.63) is 12.2 Å². The van der Waals surface area contributed by atoms with E-state index >= 15 is 0 Å². The molecule has 0 aliphatic heterocycles. The average Bonchev–Trinajstić information content (AvgIpc) is 1.85. The molecule has 4 N–H and O–H groups in total. The summed E-state index contributed by atoms with van der Waals surface area (Å²) in [6, 6.07) is 0. The molecule has 0 atom stereocenters. The lowest BCUT2D eigenvalue weighted by Crippen LogP contribution is -2.17. The van der Waals surface area contributed by atoms with E-state index in [0.717, 1.165) is 6.34 Å². The van der Waals surface area contributed by atoms with Gasteiger partial charge in [-0.15, -0.1) is 0 Å². The van der Waals surface area contributed by atoms with E-state index in [1.54, 1.807) is 0 Å². The van der Waals surface area contributed by atoms with E-state index in [0.29, 0.717) is 0 Å². The second kappa shape index (κ2) is 4.69. The number of nitrogens with one attached hydrogen (secondary N) is 4. The van der Waals surface area contributed by atoms with Crippen molar-refractivity contribution in [2.75, 3.05) is 0 Å². The van der Waals surface area contributed by atoms with Crippen LogP contribution in [0.15, 0.2) is 12.2 Å². The van der Waals surface area contributed by atoms with Crippen LogP contribution in [0.5, 0.6) is 0 Å². The zero-order valence-corrected chi connectivity index (χ0v) is 5.87. The van der Waals surface area contributed by atoms with Crippen molar-refractivity contribution in [1.29, 1.82) is 16.2 Å². The molecule has 5 heteroatoms. The molecule has 0 rings (SSSR count). The molecule has 4 nitrogen and oxygen atoms in total. The van der Waals surface area contributed by atoms with Crippen molar-refractivity contribution < 1.29 is 0 Å². The van der Waals surface area contributed by atoms with E-state index in [2.05, 4.69) is 5.32 Å². The summed E-state index contributed by atoms with van der Waals surface area (Å²) in [5, 5.41) is 22.4. The fraction of sp³-hybridized carbons (Fsp3) is 0. The van der Waals surface area contributed by atoms with Gasteiger partial charge in [-0.25, -0.2) is 0 Å². The Morgan fingerprint density at radius 2 is 1.90 bits per heavy atom. The zero-order chi connectivity index (χ0) is 7.98. The van der Waals surface area contributed by atoms with Crippen LogP contribution in [0.3, 0.4) is 0 Å². The van der Waals surface area contributed by atoms with Crippen molar-refractivity contribution >= 4 is 28.9 Å². The second-order valence-corrected chi connectivity index (χ2v) is 1.79. The molecule has 54 valence electrons. The topological polar surface area (TPSA) is 83.6 Å². The molecule has 0 aliphatic carbocycles. The molecule has 0 fully saturated rings. The summed E-state index contributed by atoms with van der Waals surface area (Å²) < 4.78 is 0. The number of allylic oxidation sites excluding steroid dienone is 1. The third-order valence-electron chi connectivity index (χ3n) is 0.624. The van der Waals surface area contributed by atoms with Gasteiger partial charge in [0.1, 0.15) is 11.0 Å². The van der Waals surface area contributed by atoms with Gasteiger partial charge < -0.3 is 5.32 Å². The molecular formula is C5H7ClN4. The number of hydrogen-bond donors (Lipinski definition) is 4. The molecule has 0 amide bonds. The molecule has 0 aromatic rings. The summed E-state index contributed by atoms with van der Waals surface area (Å²) in [5.74, 6) is 0.0281. The zero-order valence-electron chi connectivity index (χ0n) is 5.11. The Labute approximate surface area is 63.4 Å². The van der Waals surface area contributed by atoms with Gasteiger partial charge in [-0.1, -0.05) is 11.6 Å². The Morgan fingerprint density at radius 1 is 1.30 bits per heavy atom. The Kier molecular flexibility index (Phi) is 4.15. The Balaban J connectivity index is 3.77. The van der Waals surface area contributed by atoms with Crippen LogP contribution in [0.2, 0.25) is 0 Å². The maximum atomic E-state index is 6.98. The molecule has 0 saturated carbocycles. The molecular weight excluding hydrogens is 152 g/mol. The molecule has 10 heavy (non-hydrogen) atoms. The SMILES string of the molecule is N=CNC(=N)/C=C\C(=N)Cl. The molecule has 0 bridgehead atoms. The van der Waals surface area contributed by atoms with Crippen molar-refractivity contribution in [2.24, 2.45) is 0 Å². The van der Waals surface area contributed by atoms with Gasteiger partial charge in [0.15, 0.2) is 0 Å². The molecule has 0 aromatic heterocycles. The van der Waals surface area contributed by atoms with Gasteiger partial charge in [-0.05, 0) is 12.2 Å². The standard InChI is InChI=1S/C5H7ClN4/c6-4(8)1-2-5(9)10-3-7/h1-3,8H,(H3,7,9,10)/b2-1-,8-4?. The lowest BCUT2D eigenvalue weighted by Gasteiger charge is -1.91. The van der Waals surface area contributed by atoms with Crippen LogP contribution in [-0.4, -0.2) is 17.3 Å². The highest BCUT2D eigenvalue weighted by Crippen LogP contribution is 1.82. The van der Waals surface area contributed by atoms with Crippen molar-refractivity contribution in [1.82, 2.24) is 5.32 Å². The van der Waals surface area contributed by atoms with E-state index in [-0.39, 0.29) is 11.0 Å². The summed E-state index contributed by atoms with van der Waals surface area (Å²) in [6.45, 7) is 0. The second-order valence-electron chi connectivity index (χ2n) is 1.38. The van der Waals surface area contributed by atoms with Crippen molar-refractivity contribution in [3.8, 4) is 0 Å². The van der Waals surface area contributed by atoms with E-state index < -0.39 is 0 Å². The molecule has 0 saturated heterocycles. The first kappa shape index (κ1) is 8.84. The first-order chi connectivity index (χ1) is 4.66. The monoisotopic (exact) mass is 158 g/mol. The summed E-state index contributed by atoms with van der Waals surface area (Å²) in [4.78, 5) is 0. The molecule has 0 aliphatic rings. The van der Waals surface area contributed by atoms with E-state index in [4.69, 9.17) is 27.8 Å². The first-order valence-electron chi connectivity index (χ1n) is 2.43. The molecule has 0 heterocycles. The largest absolute Gasteiger partial charge is 0.332 e. The normalized spacial score (nSPS) is 9.30. The smallest absolute Gasteiger partial charge is 0.123 e. The summed E-state index contributed by atoms with van der Waals surface area (Å²) in [6.07, 6.45) is 3.42. The maximum absolute atomic E-state index is 6.98. The minimum Gasteiger partial charge on any atom is -0.332 e. The van der Waals surface area contributed by atoms with E-state index in [1.165, 1.54) is 12.2 Å². The number of halogens is 1. The molecule has 0 aromatic carbocycles. The molecule has 0 unspecified atom stereocenters. The summed E-state index contributed by atoms with van der Waals surface area (Å²) >= 11 is 5.14. The van der Waals surface area contributed by atoms with Gasteiger partial charge in [0, 0.05) is 0 Å². The van der Waals surface area contributed by atoms with Crippen LogP contribution in [0, 0.1) is 16.2 Å². The lowest BCUT2D eigenvalue weighted by molar-refractivity contribution is 1.31. The Morgan fingerprint density at radius 3 is 2.30 bits per heavy atom. The predicted octanol–water partition coefficient (Wildman–Crippen LogP) is 0.933. The van der Waals surface area contributed by atoms with Gasteiger partial charge in [0.25, 0.3) is 0 Å². The van der Waals surface area contributed by atoms with Crippen LogP contribution in [0.1, 0.15) is 0 Å². The van der Waals surface area contributed by atoms with Crippen LogP contribution in [0.4, 0.5) is 0 Å². The number of rotatable bonds is 3. The Bertz CT molecular complexity index is 184. The Hall–Kier alpha value is -1.16. The van der Waals surface area contributed by atoms with E-state index in [1.807, 2.05) is 0 Å². The maximum Gasteiger partial charge on any atom is 0.123 e. The van der Waals surface area contributed by atoms with Crippen LogP contribution in [0.25, 0.3) is 0 Å². The fourth-order valence-electron chi connectivity index (χ4n) is 0.282. The number of amidine groups is 1. The van der Waals surface area contributed by atoms with Crippen LogP contribution >= 0.6 is 11.6 Å². The molecule has 0 spiro atoms. The summed E-state index contributed by atoms with van der Waals surface area (Å²) in [5.41, 5.74) is 0. The van der Waals surface area contributed by atoms with Crippen molar-refractivity contribution in [2.45, 2.75) is 0 Å². The van der Waals surface area contributed by atoms with Gasteiger partial charge >= 0.3 is 0 Å². The van der Waals surface area contributed by atoms with Crippen LogP contribution in [-0.2, 0) is 0 Å². The number of hydrogen-bond acceptors (Lipinski definition) is 3. The quantitative estimate of drug-likeness (QED) is 0.358. The highest BCUT2D eigenvalue weighted by atomic mass is 35.5. The third-order valence-corrected chi connectivity index (χ3v) is 0.750. The van der Waals surface area contributed by atoms with Gasteiger partial charge in [0.2, 0.25) is 0 Å². The van der Waals surface area contributed by atoms with E-state index in [9.17, 15) is 0 Å². The fourth-order valence-corrected chi connectivity index (χ4v) is 0.345.